The second-order valence-corrected chi connectivity index (χ2v) is 11.8. The first-order valence-electron chi connectivity index (χ1n) is 7.07. The van der Waals surface area contributed by atoms with Crippen molar-refractivity contribution in [3.05, 3.63) is 42.0 Å². The highest BCUT2D eigenvalue weighted by Crippen LogP contribution is 2.52. The van der Waals surface area contributed by atoms with Gasteiger partial charge in [-0.25, -0.2) is 0 Å². The molecule has 1 saturated carbocycles. The summed E-state index contributed by atoms with van der Waals surface area (Å²) >= 11 is 0. The molecule has 1 heteroatoms. The Morgan fingerprint density at radius 2 is 1.78 bits per heavy atom. The van der Waals surface area contributed by atoms with E-state index in [2.05, 4.69) is 70.3 Å². The minimum Gasteiger partial charge on any atom is -0.0884 e. The molecule has 0 amide bonds. The lowest BCUT2D eigenvalue weighted by molar-refractivity contribution is 0.388. The molecule has 98 valence electrons. The van der Waals surface area contributed by atoms with Crippen molar-refractivity contribution in [2.24, 2.45) is 5.41 Å². The smallest absolute Gasteiger partial charge is 0.0876 e. The van der Waals surface area contributed by atoms with Crippen LogP contribution in [0.1, 0.15) is 33.6 Å². The minimum atomic E-state index is -1.39. The molecule has 0 radical (unpaired) electrons. The maximum atomic E-state index is 2.54. The molecule has 0 spiro atoms. The van der Waals surface area contributed by atoms with Gasteiger partial charge >= 0.3 is 0 Å². The van der Waals surface area contributed by atoms with Crippen LogP contribution in [-0.4, -0.2) is 8.07 Å². The molecular formula is C17H26Si. The van der Waals surface area contributed by atoms with E-state index in [0.29, 0.717) is 5.41 Å². The van der Waals surface area contributed by atoms with Crippen LogP contribution in [0, 0.1) is 5.41 Å². The molecule has 0 N–H and O–H groups in total. The van der Waals surface area contributed by atoms with Gasteiger partial charge < -0.3 is 0 Å². The van der Waals surface area contributed by atoms with Crippen molar-refractivity contribution in [3.63, 3.8) is 0 Å². The zero-order valence-electron chi connectivity index (χ0n) is 12.5. The third kappa shape index (κ3) is 2.47. The average Bonchev–Trinajstić information content (AvgIpc) is 2.66. The van der Waals surface area contributed by atoms with Crippen LogP contribution in [-0.2, 0) is 0 Å². The van der Waals surface area contributed by atoms with Gasteiger partial charge in [0.2, 0.25) is 0 Å². The molecule has 1 aliphatic carbocycles. The SMILES string of the molecule is C/C=C1\CC(C)(C)CC1[Si](C)(C)c1ccccc1. The van der Waals surface area contributed by atoms with Gasteiger partial charge in [-0.15, -0.1) is 0 Å². The molecule has 1 unspecified atom stereocenters. The fourth-order valence-electron chi connectivity index (χ4n) is 3.52. The molecule has 0 nitrogen and oxygen atoms in total. The Hall–Kier alpha value is -0.823. The second kappa shape index (κ2) is 4.69. The van der Waals surface area contributed by atoms with Crippen LogP contribution in [0.2, 0.25) is 18.6 Å². The standard InChI is InChI=1S/C17H26Si/c1-6-14-12-17(2,3)13-16(14)18(4,5)15-10-8-7-9-11-15/h6-11,16H,12-13H2,1-5H3/b14-6+. The molecule has 18 heavy (non-hydrogen) atoms. The lowest BCUT2D eigenvalue weighted by Gasteiger charge is -2.32. The van der Waals surface area contributed by atoms with E-state index < -0.39 is 8.07 Å². The highest BCUT2D eigenvalue weighted by Gasteiger charge is 2.44. The zero-order valence-corrected chi connectivity index (χ0v) is 13.5. The molecule has 1 aliphatic rings. The van der Waals surface area contributed by atoms with Gasteiger partial charge in [-0.05, 0) is 30.7 Å². The van der Waals surface area contributed by atoms with E-state index in [0.717, 1.165) is 5.54 Å². The van der Waals surface area contributed by atoms with Gasteiger partial charge in [0.25, 0.3) is 0 Å². The van der Waals surface area contributed by atoms with Crippen LogP contribution < -0.4 is 5.19 Å². The van der Waals surface area contributed by atoms with Gasteiger partial charge in [-0.3, -0.25) is 0 Å². The third-order valence-corrected chi connectivity index (χ3v) is 8.79. The maximum absolute atomic E-state index is 2.54. The summed E-state index contributed by atoms with van der Waals surface area (Å²) in [6.45, 7) is 12.1. The van der Waals surface area contributed by atoms with Gasteiger partial charge in [0.1, 0.15) is 0 Å². The lowest BCUT2D eigenvalue weighted by atomic mass is 9.92. The summed E-state index contributed by atoms with van der Waals surface area (Å²) < 4.78 is 0. The quantitative estimate of drug-likeness (QED) is 0.531. The van der Waals surface area contributed by atoms with Crippen LogP contribution in [0.5, 0.6) is 0 Å². The number of allylic oxidation sites excluding steroid dienone is 2. The van der Waals surface area contributed by atoms with Crippen molar-refractivity contribution in [2.45, 2.75) is 52.2 Å². The fraction of sp³-hybridized carbons (Fsp3) is 0.529. The highest BCUT2D eigenvalue weighted by atomic mass is 28.3. The van der Waals surface area contributed by atoms with Crippen molar-refractivity contribution >= 4 is 13.3 Å². The average molecular weight is 258 g/mol. The Morgan fingerprint density at radius 3 is 2.33 bits per heavy atom. The summed E-state index contributed by atoms with van der Waals surface area (Å²) in [4.78, 5) is 0. The molecule has 1 atom stereocenters. The van der Waals surface area contributed by atoms with E-state index in [9.17, 15) is 0 Å². The van der Waals surface area contributed by atoms with Crippen LogP contribution in [0.4, 0.5) is 0 Å². The van der Waals surface area contributed by atoms with Crippen molar-refractivity contribution in [1.29, 1.82) is 0 Å². The van der Waals surface area contributed by atoms with Crippen molar-refractivity contribution in [3.8, 4) is 0 Å². The van der Waals surface area contributed by atoms with Gasteiger partial charge in [-0.2, -0.15) is 0 Å². The summed E-state index contributed by atoms with van der Waals surface area (Å²) in [5.74, 6) is 0. The highest BCUT2D eigenvalue weighted by molar-refractivity contribution is 6.91. The topological polar surface area (TPSA) is 0 Å². The first-order valence-corrected chi connectivity index (χ1v) is 10.2. The van der Waals surface area contributed by atoms with E-state index >= 15 is 0 Å². The van der Waals surface area contributed by atoms with Gasteiger partial charge in [-0.1, -0.05) is 74.1 Å². The Kier molecular flexibility index (Phi) is 3.55. The summed E-state index contributed by atoms with van der Waals surface area (Å²) in [6.07, 6.45) is 5.04. The first-order chi connectivity index (χ1) is 8.37. The third-order valence-electron chi connectivity index (χ3n) is 4.65. The predicted octanol–water partition coefficient (Wildman–Crippen LogP) is 4.74. The molecular weight excluding hydrogens is 232 g/mol. The molecule has 0 aliphatic heterocycles. The van der Waals surface area contributed by atoms with E-state index in [-0.39, 0.29) is 0 Å². The van der Waals surface area contributed by atoms with E-state index in [1.807, 2.05) is 0 Å². The summed E-state index contributed by atoms with van der Waals surface area (Å²) in [5, 5.41) is 1.60. The summed E-state index contributed by atoms with van der Waals surface area (Å²) in [6, 6.07) is 11.2. The number of hydrogen-bond acceptors (Lipinski definition) is 0. The Labute approximate surface area is 113 Å². The first kappa shape index (κ1) is 13.6. The Balaban J connectivity index is 2.36. The van der Waals surface area contributed by atoms with Crippen LogP contribution in [0.25, 0.3) is 0 Å². The zero-order chi connectivity index (χ0) is 13.4. The van der Waals surface area contributed by atoms with Gasteiger partial charge in [0, 0.05) is 0 Å². The number of hydrogen-bond donors (Lipinski definition) is 0. The van der Waals surface area contributed by atoms with Crippen molar-refractivity contribution in [2.75, 3.05) is 0 Å². The van der Waals surface area contributed by atoms with Crippen LogP contribution >= 0.6 is 0 Å². The van der Waals surface area contributed by atoms with E-state index in [1.54, 1.807) is 10.8 Å². The Bertz CT molecular complexity index is 440. The second-order valence-electron chi connectivity index (χ2n) is 7.05. The van der Waals surface area contributed by atoms with E-state index in [4.69, 9.17) is 0 Å². The Morgan fingerprint density at radius 1 is 1.17 bits per heavy atom. The molecule has 1 fully saturated rings. The monoisotopic (exact) mass is 258 g/mol. The molecule has 0 bridgehead atoms. The minimum absolute atomic E-state index is 0.492. The molecule has 2 rings (SSSR count). The number of benzene rings is 1. The predicted molar refractivity (Wildman–Crippen MR) is 84.1 cm³/mol. The molecule has 1 aromatic carbocycles. The van der Waals surface area contributed by atoms with Crippen molar-refractivity contribution in [1.82, 2.24) is 0 Å². The molecule has 0 heterocycles. The molecule has 0 aromatic heterocycles. The lowest BCUT2D eigenvalue weighted by Crippen LogP contribution is -2.45. The normalized spacial score (nSPS) is 25.6. The summed E-state index contributed by atoms with van der Waals surface area (Å²) in [5.41, 5.74) is 3.02. The largest absolute Gasteiger partial charge is 0.0884 e. The van der Waals surface area contributed by atoms with Gasteiger partial charge in [0.15, 0.2) is 0 Å². The number of rotatable bonds is 2. The molecule has 0 saturated heterocycles. The maximum Gasteiger partial charge on any atom is 0.0876 e. The van der Waals surface area contributed by atoms with Crippen LogP contribution in [0.15, 0.2) is 42.0 Å². The van der Waals surface area contributed by atoms with Crippen LogP contribution in [0.3, 0.4) is 0 Å². The fourth-order valence-corrected chi connectivity index (χ4v) is 7.23. The van der Waals surface area contributed by atoms with Crippen molar-refractivity contribution < 1.29 is 0 Å². The van der Waals surface area contributed by atoms with Gasteiger partial charge in [0.05, 0.1) is 8.07 Å². The summed E-state index contributed by atoms with van der Waals surface area (Å²) in [7, 11) is -1.39. The molecule has 1 aromatic rings. The van der Waals surface area contributed by atoms with E-state index in [1.165, 1.54) is 12.8 Å².